The van der Waals surface area contributed by atoms with E-state index in [0.29, 0.717) is 0 Å². The summed E-state index contributed by atoms with van der Waals surface area (Å²) in [6.45, 7) is 4.53. The number of carbonyl (C=O) groups excluding carboxylic acids is 2. The minimum absolute atomic E-state index is 0. The first kappa shape index (κ1) is 50.5. The van der Waals surface area contributed by atoms with E-state index >= 15 is 0 Å². The summed E-state index contributed by atoms with van der Waals surface area (Å²) < 4.78 is 0. The van der Waals surface area contributed by atoms with Crippen LogP contribution in [0.5, 0.6) is 0 Å². The van der Waals surface area contributed by atoms with Gasteiger partial charge in [0, 0.05) is 0 Å². The normalized spacial score (nSPS) is 10.7. The minimum Gasteiger partial charge on any atom is -0.545 e. The van der Waals surface area contributed by atoms with Gasteiger partial charge in [0.05, 0.1) is 11.9 Å². The van der Waals surface area contributed by atoms with Crippen LogP contribution >= 0.6 is 0 Å². The summed E-state index contributed by atoms with van der Waals surface area (Å²) >= 11 is 0. The SMILES string of the molecule is CCCCCCCCCCCCCCCC=CC(=O)[O-].CCCCCCCCCCCCCCCC=CC(=O)[O-].[K+].[K+]. The Labute approximate surface area is 347 Å². The van der Waals surface area contributed by atoms with Gasteiger partial charge in [-0.25, -0.2) is 0 Å². The van der Waals surface area contributed by atoms with Gasteiger partial charge < -0.3 is 19.8 Å². The molecule has 0 amide bonds. The van der Waals surface area contributed by atoms with Gasteiger partial charge in [-0.1, -0.05) is 180 Å². The molecule has 0 spiro atoms. The molecule has 0 unspecified atom stereocenters. The molecule has 0 rings (SSSR count). The van der Waals surface area contributed by atoms with Crippen molar-refractivity contribution in [1.82, 2.24) is 0 Å². The molecule has 0 N–H and O–H groups in total. The predicted molar refractivity (Wildman–Crippen MR) is 169 cm³/mol. The van der Waals surface area contributed by atoms with Crippen LogP contribution < -0.4 is 113 Å². The second kappa shape index (κ2) is 47.1. The van der Waals surface area contributed by atoms with Crippen molar-refractivity contribution in [2.75, 3.05) is 0 Å². The van der Waals surface area contributed by atoms with E-state index in [1.54, 1.807) is 12.2 Å². The maximum atomic E-state index is 10.1. The first-order chi connectivity index (χ1) is 19.5. The third-order valence-electron chi connectivity index (χ3n) is 7.46. The molecule has 0 heterocycles. The molecule has 4 nitrogen and oxygen atoms in total. The van der Waals surface area contributed by atoms with Gasteiger partial charge in [0.1, 0.15) is 0 Å². The largest absolute Gasteiger partial charge is 1.00 e. The molecule has 0 radical (unpaired) electrons. The number of carboxylic acids is 2. The van der Waals surface area contributed by atoms with E-state index in [9.17, 15) is 19.8 Å². The van der Waals surface area contributed by atoms with E-state index in [-0.39, 0.29) is 103 Å². The van der Waals surface area contributed by atoms with Crippen LogP contribution in [-0.4, -0.2) is 11.9 Å². The average Bonchev–Trinajstić information content (AvgIpc) is 2.93. The Morgan fingerprint density at radius 1 is 0.381 bits per heavy atom. The van der Waals surface area contributed by atoms with Gasteiger partial charge in [-0.15, -0.1) is 0 Å². The zero-order valence-corrected chi connectivity index (χ0v) is 35.0. The van der Waals surface area contributed by atoms with Crippen LogP contribution in [0.2, 0.25) is 0 Å². The average molecular weight is 641 g/mol. The Hall–Kier alpha value is 1.69. The molecule has 0 aromatic carbocycles. The maximum Gasteiger partial charge on any atom is 1.00 e. The van der Waals surface area contributed by atoms with Gasteiger partial charge in [0.2, 0.25) is 0 Å². The van der Waals surface area contributed by atoms with E-state index < -0.39 is 11.9 Å². The summed E-state index contributed by atoms with van der Waals surface area (Å²) in [7, 11) is 0. The van der Waals surface area contributed by atoms with E-state index in [1.807, 2.05) is 0 Å². The summed E-state index contributed by atoms with van der Waals surface area (Å²) in [5.41, 5.74) is 0. The van der Waals surface area contributed by atoms with Crippen molar-refractivity contribution in [3.63, 3.8) is 0 Å². The van der Waals surface area contributed by atoms with Crippen LogP contribution in [-0.2, 0) is 9.59 Å². The Bertz CT molecular complexity index is 529. The molecule has 42 heavy (non-hydrogen) atoms. The number of rotatable bonds is 30. The maximum absolute atomic E-state index is 10.1. The molecule has 0 fully saturated rings. The molecule has 0 aromatic heterocycles. The van der Waals surface area contributed by atoms with Crippen molar-refractivity contribution < 1.29 is 123 Å². The van der Waals surface area contributed by atoms with Gasteiger partial charge in [-0.2, -0.15) is 0 Å². The fourth-order valence-electron chi connectivity index (χ4n) is 4.92. The Kier molecular flexibility index (Phi) is 56.7. The van der Waals surface area contributed by atoms with Crippen LogP contribution in [0.15, 0.2) is 24.3 Å². The van der Waals surface area contributed by atoms with Crippen LogP contribution in [0.4, 0.5) is 0 Å². The molecule has 6 heteroatoms. The number of carboxylic acid groups (broad SMARTS) is 2. The van der Waals surface area contributed by atoms with Gasteiger partial charge >= 0.3 is 103 Å². The third kappa shape index (κ3) is 54.2. The summed E-state index contributed by atoms with van der Waals surface area (Å²) in [4.78, 5) is 20.3. The first-order valence-corrected chi connectivity index (χ1v) is 17.3. The van der Waals surface area contributed by atoms with Gasteiger partial charge in [0.15, 0.2) is 0 Å². The Morgan fingerprint density at radius 3 is 0.762 bits per heavy atom. The smallest absolute Gasteiger partial charge is 0.545 e. The molecular weight excluding hydrogens is 575 g/mol. The number of hydrogen-bond donors (Lipinski definition) is 0. The molecule has 0 bridgehead atoms. The molecule has 0 saturated heterocycles. The number of unbranched alkanes of at least 4 members (excludes halogenated alkanes) is 26. The second-order valence-electron chi connectivity index (χ2n) is 11.5. The third-order valence-corrected chi connectivity index (χ3v) is 7.46. The molecule has 0 aliphatic heterocycles. The first-order valence-electron chi connectivity index (χ1n) is 17.3. The number of aliphatic carboxylic acids is 2. The van der Waals surface area contributed by atoms with Crippen molar-refractivity contribution in [3.05, 3.63) is 24.3 Å². The molecule has 0 aliphatic rings. The number of carbonyl (C=O) groups is 2. The van der Waals surface area contributed by atoms with E-state index in [2.05, 4.69) is 13.8 Å². The Balaban J connectivity index is -0.000000328. The number of allylic oxidation sites excluding steroid dienone is 2. The Morgan fingerprint density at radius 2 is 0.571 bits per heavy atom. The monoisotopic (exact) mass is 640 g/mol. The van der Waals surface area contributed by atoms with E-state index in [0.717, 1.165) is 37.8 Å². The molecule has 0 atom stereocenters. The fourth-order valence-corrected chi connectivity index (χ4v) is 4.92. The summed E-state index contributed by atoms with van der Waals surface area (Å²) in [5, 5.41) is 20.3. The van der Waals surface area contributed by atoms with Crippen molar-refractivity contribution in [1.29, 1.82) is 0 Å². The summed E-state index contributed by atoms with van der Waals surface area (Å²) in [6.07, 6.45) is 42.4. The molecule has 0 aromatic rings. The summed E-state index contributed by atoms with van der Waals surface area (Å²) in [5.74, 6) is -2.17. The van der Waals surface area contributed by atoms with Gasteiger partial charge in [0.25, 0.3) is 0 Å². The van der Waals surface area contributed by atoms with Crippen molar-refractivity contribution in [3.8, 4) is 0 Å². The molecular formula is C36H66K2O4. The van der Waals surface area contributed by atoms with Gasteiger partial charge in [-0.05, 0) is 37.8 Å². The molecule has 0 aliphatic carbocycles. The fraction of sp³-hybridized carbons (Fsp3) is 0.833. The zero-order chi connectivity index (χ0) is 29.8. The van der Waals surface area contributed by atoms with Crippen LogP contribution in [0.25, 0.3) is 0 Å². The van der Waals surface area contributed by atoms with Crippen LogP contribution in [0.3, 0.4) is 0 Å². The van der Waals surface area contributed by atoms with Crippen molar-refractivity contribution in [2.45, 2.75) is 194 Å². The van der Waals surface area contributed by atoms with Crippen LogP contribution in [0, 0.1) is 0 Å². The standard InChI is InChI=1S/2C18H34O2.2K/c2*1-2-3-4-5-6-7-8-9-10-11-12-13-14-15-16-17-18(19)20;;/h2*16-17H,2-15H2,1H3,(H,19,20);;/q;;2*+1/p-2. The molecule has 0 saturated carbocycles. The quantitative estimate of drug-likeness (QED) is 0.0684. The zero-order valence-electron chi connectivity index (χ0n) is 28.7. The van der Waals surface area contributed by atoms with Crippen molar-refractivity contribution in [2.24, 2.45) is 0 Å². The predicted octanol–water partition coefficient (Wildman–Crippen LogP) is 3.56. The minimum atomic E-state index is -1.08. The van der Waals surface area contributed by atoms with Crippen molar-refractivity contribution >= 4 is 11.9 Å². The van der Waals surface area contributed by atoms with Crippen LogP contribution in [0.1, 0.15) is 194 Å². The second-order valence-corrected chi connectivity index (χ2v) is 11.5. The van der Waals surface area contributed by atoms with E-state index in [1.165, 1.54) is 154 Å². The molecule has 236 valence electrons. The van der Waals surface area contributed by atoms with Gasteiger partial charge in [-0.3, -0.25) is 0 Å². The summed E-state index contributed by atoms with van der Waals surface area (Å²) in [6, 6.07) is 0. The van der Waals surface area contributed by atoms with E-state index in [4.69, 9.17) is 0 Å². The number of hydrogen-bond acceptors (Lipinski definition) is 4. The topological polar surface area (TPSA) is 80.3 Å².